The fraction of sp³-hybridized carbons (Fsp3) is 0.583. The molecule has 1 saturated heterocycles. The highest BCUT2D eigenvalue weighted by molar-refractivity contribution is 7.14. The Bertz CT molecular complexity index is 364. The van der Waals surface area contributed by atoms with Gasteiger partial charge in [0.2, 0.25) is 0 Å². The fourth-order valence-electron chi connectivity index (χ4n) is 2.15. The van der Waals surface area contributed by atoms with E-state index in [0.717, 1.165) is 36.4 Å². The molecule has 1 aliphatic rings. The Balaban J connectivity index is 2.16. The molecule has 1 aliphatic heterocycles. The SMILES string of the molecule is Cc1cc(C)c(C(=O)C2CCCNC2)s1. The summed E-state index contributed by atoms with van der Waals surface area (Å²) in [5.41, 5.74) is 1.15. The number of aryl methyl sites for hydroxylation is 2. The number of hydrogen-bond acceptors (Lipinski definition) is 3. The Morgan fingerprint density at radius 3 is 2.87 bits per heavy atom. The van der Waals surface area contributed by atoms with Crippen LogP contribution < -0.4 is 5.32 Å². The molecule has 1 aromatic rings. The summed E-state index contributed by atoms with van der Waals surface area (Å²) in [6, 6.07) is 2.11. The Labute approximate surface area is 94.7 Å². The van der Waals surface area contributed by atoms with Gasteiger partial charge < -0.3 is 5.32 Å². The van der Waals surface area contributed by atoms with E-state index in [1.165, 1.54) is 4.88 Å². The largest absolute Gasteiger partial charge is 0.316 e. The van der Waals surface area contributed by atoms with E-state index in [0.29, 0.717) is 5.78 Å². The van der Waals surface area contributed by atoms with Gasteiger partial charge in [-0.25, -0.2) is 0 Å². The third-order valence-corrected chi connectivity index (χ3v) is 4.10. The highest BCUT2D eigenvalue weighted by Gasteiger charge is 2.24. The Hall–Kier alpha value is -0.670. The van der Waals surface area contributed by atoms with Crippen molar-refractivity contribution in [2.75, 3.05) is 13.1 Å². The predicted octanol–water partition coefficient (Wildman–Crippen LogP) is 2.55. The van der Waals surface area contributed by atoms with Gasteiger partial charge in [-0.05, 0) is 44.9 Å². The smallest absolute Gasteiger partial charge is 0.177 e. The van der Waals surface area contributed by atoms with Gasteiger partial charge in [-0.2, -0.15) is 0 Å². The average molecular weight is 223 g/mol. The van der Waals surface area contributed by atoms with E-state index < -0.39 is 0 Å². The molecule has 2 rings (SSSR count). The van der Waals surface area contributed by atoms with E-state index in [1.54, 1.807) is 11.3 Å². The van der Waals surface area contributed by atoms with Crippen LogP contribution in [0.4, 0.5) is 0 Å². The van der Waals surface area contributed by atoms with Gasteiger partial charge in [0.1, 0.15) is 0 Å². The topological polar surface area (TPSA) is 29.1 Å². The monoisotopic (exact) mass is 223 g/mol. The van der Waals surface area contributed by atoms with Gasteiger partial charge in [-0.3, -0.25) is 4.79 Å². The van der Waals surface area contributed by atoms with Crippen molar-refractivity contribution in [3.05, 3.63) is 21.4 Å². The number of nitrogens with one attached hydrogen (secondary N) is 1. The zero-order valence-electron chi connectivity index (χ0n) is 9.30. The molecule has 2 heterocycles. The van der Waals surface area contributed by atoms with Gasteiger partial charge in [0.15, 0.2) is 5.78 Å². The zero-order chi connectivity index (χ0) is 10.8. The molecule has 1 atom stereocenters. The van der Waals surface area contributed by atoms with Crippen LogP contribution in [-0.2, 0) is 0 Å². The van der Waals surface area contributed by atoms with Crippen LogP contribution in [0, 0.1) is 19.8 Å². The lowest BCUT2D eigenvalue weighted by Gasteiger charge is -2.21. The van der Waals surface area contributed by atoms with Crippen LogP contribution in [0.1, 0.15) is 33.0 Å². The number of carbonyl (C=O) groups is 1. The van der Waals surface area contributed by atoms with Crippen molar-refractivity contribution >= 4 is 17.1 Å². The molecule has 82 valence electrons. The van der Waals surface area contributed by atoms with Crippen LogP contribution in [0.5, 0.6) is 0 Å². The molecule has 2 nitrogen and oxygen atoms in total. The molecule has 1 aromatic heterocycles. The summed E-state index contributed by atoms with van der Waals surface area (Å²) in [4.78, 5) is 14.4. The fourth-order valence-corrected chi connectivity index (χ4v) is 3.19. The number of ketones is 1. The van der Waals surface area contributed by atoms with E-state index in [9.17, 15) is 4.79 Å². The van der Waals surface area contributed by atoms with Crippen LogP contribution in [-0.4, -0.2) is 18.9 Å². The molecule has 3 heteroatoms. The molecule has 15 heavy (non-hydrogen) atoms. The van der Waals surface area contributed by atoms with Crippen LogP contribution in [0.3, 0.4) is 0 Å². The van der Waals surface area contributed by atoms with Crippen molar-refractivity contribution in [1.29, 1.82) is 0 Å². The average Bonchev–Trinajstić information content (AvgIpc) is 2.58. The maximum absolute atomic E-state index is 12.2. The third kappa shape index (κ3) is 2.29. The lowest BCUT2D eigenvalue weighted by Crippen LogP contribution is -2.34. The van der Waals surface area contributed by atoms with E-state index in [2.05, 4.69) is 18.3 Å². The van der Waals surface area contributed by atoms with Gasteiger partial charge in [-0.15, -0.1) is 11.3 Å². The minimum Gasteiger partial charge on any atom is -0.316 e. The first-order valence-corrected chi connectivity index (χ1v) is 6.32. The summed E-state index contributed by atoms with van der Waals surface area (Å²) < 4.78 is 0. The van der Waals surface area contributed by atoms with Gasteiger partial charge in [0.05, 0.1) is 4.88 Å². The molecule has 0 spiro atoms. The van der Waals surface area contributed by atoms with Crippen LogP contribution in [0.15, 0.2) is 6.07 Å². The summed E-state index contributed by atoms with van der Waals surface area (Å²) in [5, 5.41) is 3.30. The summed E-state index contributed by atoms with van der Waals surface area (Å²) in [7, 11) is 0. The van der Waals surface area contributed by atoms with Crippen molar-refractivity contribution in [1.82, 2.24) is 5.32 Å². The lowest BCUT2D eigenvalue weighted by molar-refractivity contribution is 0.0903. The van der Waals surface area contributed by atoms with Gasteiger partial charge in [0.25, 0.3) is 0 Å². The lowest BCUT2D eigenvalue weighted by atomic mass is 9.93. The minimum atomic E-state index is 0.204. The second-order valence-electron chi connectivity index (χ2n) is 4.28. The van der Waals surface area contributed by atoms with Crippen LogP contribution >= 0.6 is 11.3 Å². The van der Waals surface area contributed by atoms with Gasteiger partial charge in [0, 0.05) is 17.3 Å². The molecule has 1 N–H and O–H groups in total. The maximum atomic E-state index is 12.2. The number of piperidine rings is 1. The first kappa shape index (κ1) is 10.8. The van der Waals surface area contributed by atoms with Crippen molar-refractivity contribution in [3.8, 4) is 0 Å². The van der Waals surface area contributed by atoms with Crippen LogP contribution in [0.25, 0.3) is 0 Å². The maximum Gasteiger partial charge on any atom is 0.177 e. The summed E-state index contributed by atoms with van der Waals surface area (Å²) in [6.45, 7) is 6.02. The molecule has 1 fully saturated rings. The summed E-state index contributed by atoms with van der Waals surface area (Å²) in [6.07, 6.45) is 2.17. The molecule has 0 bridgehead atoms. The second-order valence-corrected chi connectivity index (χ2v) is 5.53. The summed E-state index contributed by atoms with van der Waals surface area (Å²) in [5.74, 6) is 0.549. The molecule has 0 aromatic carbocycles. The molecule has 0 aliphatic carbocycles. The van der Waals surface area contributed by atoms with E-state index in [-0.39, 0.29) is 5.92 Å². The van der Waals surface area contributed by atoms with Gasteiger partial charge in [-0.1, -0.05) is 0 Å². The zero-order valence-corrected chi connectivity index (χ0v) is 10.1. The number of carbonyl (C=O) groups excluding carboxylic acids is 1. The second kappa shape index (κ2) is 4.45. The highest BCUT2D eigenvalue weighted by Crippen LogP contribution is 2.26. The molecule has 0 radical (unpaired) electrons. The molecular weight excluding hydrogens is 206 g/mol. The quantitative estimate of drug-likeness (QED) is 0.781. The Morgan fingerprint density at radius 1 is 1.53 bits per heavy atom. The van der Waals surface area contributed by atoms with Gasteiger partial charge >= 0.3 is 0 Å². The van der Waals surface area contributed by atoms with Crippen LogP contribution in [0.2, 0.25) is 0 Å². The molecule has 1 unspecified atom stereocenters. The normalized spacial score (nSPS) is 21.6. The number of rotatable bonds is 2. The highest BCUT2D eigenvalue weighted by atomic mass is 32.1. The minimum absolute atomic E-state index is 0.204. The molecular formula is C12H17NOS. The third-order valence-electron chi connectivity index (χ3n) is 2.93. The number of Topliss-reactive ketones (excluding diaryl/α,β-unsaturated/α-hetero) is 1. The van der Waals surface area contributed by atoms with E-state index >= 15 is 0 Å². The molecule has 0 amide bonds. The van der Waals surface area contributed by atoms with Crippen molar-refractivity contribution in [3.63, 3.8) is 0 Å². The Kier molecular flexibility index (Phi) is 3.22. The predicted molar refractivity (Wildman–Crippen MR) is 63.7 cm³/mol. The first-order chi connectivity index (χ1) is 7.18. The van der Waals surface area contributed by atoms with Crippen molar-refractivity contribution < 1.29 is 4.79 Å². The molecule has 0 saturated carbocycles. The Morgan fingerprint density at radius 2 is 2.33 bits per heavy atom. The van der Waals surface area contributed by atoms with E-state index in [4.69, 9.17) is 0 Å². The summed E-state index contributed by atoms with van der Waals surface area (Å²) >= 11 is 1.64. The van der Waals surface area contributed by atoms with Crippen molar-refractivity contribution in [2.24, 2.45) is 5.92 Å². The van der Waals surface area contributed by atoms with Crippen molar-refractivity contribution in [2.45, 2.75) is 26.7 Å². The first-order valence-electron chi connectivity index (χ1n) is 5.50. The number of thiophene rings is 1. The van der Waals surface area contributed by atoms with E-state index in [1.807, 2.05) is 6.92 Å². The number of hydrogen-bond donors (Lipinski definition) is 1. The standard InChI is InChI=1S/C12H17NOS/c1-8-6-9(2)15-12(8)11(14)10-4-3-5-13-7-10/h6,10,13H,3-5,7H2,1-2H3.